The summed E-state index contributed by atoms with van der Waals surface area (Å²) >= 11 is 0. The Kier molecular flexibility index (Phi) is 3.09. The number of aryl methyl sites for hydroxylation is 1. The lowest BCUT2D eigenvalue weighted by atomic mass is 9.92. The first-order valence-corrected chi connectivity index (χ1v) is 5.49. The first kappa shape index (κ1) is 13.2. The van der Waals surface area contributed by atoms with Gasteiger partial charge in [0.05, 0.1) is 11.3 Å². The third-order valence-electron chi connectivity index (χ3n) is 3.03. The largest absolute Gasteiger partial charge is 0.385 e. The van der Waals surface area contributed by atoms with Crippen molar-refractivity contribution in [3.05, 3.63) is 28.8 Å². The zero-order chi connectivity index (χ0) is 14.3. The van der Waals surface area contributed by atoms with Gasteiger partial charge in [0.15, 0.2) is 6.10 Å². The van der Waals surface area contributed by atoms with Crippen LogP contribution in [0.1, 0.15) is 27.6 Å². The number of anilines is 1. The molecule has 0 bridgehead atoms. The predicted molar refractivity (Wildman–Crippen MR) is 64.3 cm³/mol. The van der Waals surface area contributed by atoms with E-state index in [0.717, 1.165) is 0 Å². The molecule has 2 amide bonds. The number of primary amides is 1. The minimum absolute atomic E-state index is 0.0298. The molecule has 7 nitrogen and oxygen atoms in total. The van der Waals surface area contributed by atoms with Crippen LogP contribution in [0.5, 0.6) is 0 Å². The minimum Gasteiger partial charge on any atom is -0.385 e. The van der Waals surface area contributed by atoms with Crippen molar-refractivity contribution < 1.29 is 24.6 Å². The third-order valence-corrected chi connectivity index (χ3v) is 3.03. The summed E-state index contributed by atoms with van der Waals surface area (Å²) in [6, 6.07) is 3.07. The van der Waals surface area contributed by atoms with Crippen molar-refractivity contribution in [3.8, 4) is 0 Å². The van der Waals surface area contributed by atoms with E-state index in [-0.39, 0.29) is 16.8 Å². The number of carbonyl (C=O) groups is 3. The normalized spacial score (nSPS) is 16.8. The average molecular weight is 264 g/mol. The quantitative estimate of drug-likeness (QED) is 0.521. The molecule has 1 heterocycles. The van der Waals surface area contributed by atoms with Crippen molar-refractivity contribution in [3.63, 3.8) is 0 Å². The van der Waals surface area contributed by atoms with Crippen LogP contribution < -0.4 is 11.1 Å². The topological polar surface area (TPSA) is 130 Å². The minimum atomic E-state index is -1.85. The first-order chi connectivity index (χ1) is 8.84. The van der Waals surface area contributed by atoms with E-state index in [9.17, 15) is 24.6 Å². The van der Waals surface area contributed by atoms with Crippen molar-refractivity contribution in [1.82, 2.24) is 0 Å². The lowest BCUT2D eigenvalue weighted by Gasteiger charge is -2.19. The average Bonchev–Trinajstić information content (AvgIpc) is 2.64. The molecule has 2 unspecified atom stereocenters. The molecule has 0 saturated carbocycles. The van der Waals surface area contributed by atoms with Crippen molar-refractivity contribution >= 4 is 23.3 Å². The molecule has 1 aromatic carbocycles. The molecule has 0 aliphatic carbocycles. The standard InChI is InChI=1S/C12H12N2O5/c1-4-2-3-5-7(9(16)12(19)14-5)6(4)8(15)10(17)11(13)18/h2-3,8,10,15,17H,1H3,(H2,13,18)(H,14,16,19). The molecule has 0 fully saturated rings. The highest BCUT2D eigenvalue weighted by Crippen LogP contribution is 2.33. The fourth-order valence-corrected chi connectivity index (χ4v) is 2.06. The van der Waals surface area contributed by atoms with E-state index in [1.165, 1.54) is 6.07 Å². The highest BCUT2D eigenvalue weighted by atomic mass is 16.3. The van der Waals surface area contributed by atoms with E-state index < -0.39 is 29.8 Å². The Morgan fingerprint density at radius 3 is 2.53 bits per heavy atom. The first-order valence-electron chi connectivity index (χ1n) is 5.49. The number of nitrogens with two attached hydrogens (primary N) is 1. The summed E-state index contributed by atoms with van der Waals surface area (Å²) in [7, 11) is 0. The summed E-state index contributed by atoms with van der Waals surface area (Å²) in [6.45, 7) is 1.59. The van der Waals surface area contributed by atoms with Gasteiger partial charge in [-0.15, -0.1) is 0 Å². The monoisotopic (exact) mass is 264 g/mol. The molecule has 100 valence electrons. The highest BCUT2D eigenvalue weighted by Gasteiger charge is 2.36. The molecule has 0 saturated heterocycles. The second kappa shape index (κ2) is 4.45. The molecule has 1 aliphatic heterocycles. The Balaban J connectivity index is 2.59. The molecule has 19 heavy (non-hydrogen) atoms. The number of ketones is 1. The summed E-state index contributed by atoms with van der Waals surface area (Å²) in [6.07, 6.45) is -3.52. The smallest absolute Gasteiger partial charge is 0.296 e. The highest BCUT2D eigenvalue weighted by molar-refractivity contribution is 6.52. The van der Waals surface area contributed by atoms with Gasteiger partial charge in [0.2, 0.25) is 5.91 Å². The number of rotatable bonds is 3. The zero-order valence-corrected chi connectivity index (χ0v) is 10.0. The number of fused-ring (bicyclic) bond motifs is 1. The number of hydrogen-bond donors (Lipinski definition) is 4. The molecule has 7 heteroatoms. The maximum absolute atomic E-state index is 11.7. The molecule has 2 rings (SSSR count). The van der Waals surface area contributed by atoms with Crippen LogP contribution in [-0.2, 0) is 9.59 Å². The Hall–Kier alpha value is -2.25. The second-order valence-electron chi connectivity index (χ2n) is 4.29. The fraction of sp³-hybridized carbons (Fsp3) is 0.250. The Morgan fingerprint density at radius 1 is 1.32 bits per heavy atom. The van der Waals surface area contributed by atoms with E-state index >= 15 is 0 Å². The van der Waals surface area contributed by atoms with Crippen molar-refractivity contribution in [2.75, 3.05) is 5.32 Å². The number of hydrogen-bond acceptors (Lipinski definition) is 5. The van der Waals surface area contributed by atoms with Gasteiger partial charge in [0.25, 0.3) is 11.7 Å². The van der Waals surface area contributed by atoms with Gasteiger partial charge < -0.3 is 21.3 Å². The van der Waals surface area contributed by atoms with Crippen molar-refractivity contribution in [1.29, 1.82) is 0 Å². The molecule has 1 aromatic rings. The Morgan fingerprint density at radius 2 is 1.95 bits per heavy atom. The Bertz CT molecular complexity index is 596. The number of aliphatic hydroxyl groups excluding tert-OH is 2. The van der Waals surface area contributed by atoms with E-state index in [1.54, 1.807) is 13.0 Å². The van der Waals surface area contributed by atoms with Gasteiger partial charge in [-0.25, -0.2) is 0 Å². The molecular weight excluding hydrogens is 252 g/mol. The summed E-state index contributed by atoms with van der Waals surface area (Å²) in [5.41, 5.74) is 5.63. The van der Waals surface area contributed by atoms with Gasteiger partial charge in [-0.2, -0.15) is 0 Å². The molecular formula is C12H12N2O5. The summed E-state index contributed by atoms with van der Waals surface area (Å²) in [5, 5.41) is 21.8. The number of aliphatic hydroxyl groups is 2. The van der Waals surface area contributed by atoms with Gasteiger partial charge in [-0.1, -0.05) is 6.07 Å². The van der Waals surface area contributed by atoms with Crippen LogP contribution in [0.15, 0.2) is 12.1 Å². The van der Waals surface area contributed by atoms with Gasteiger partial charge in [-0.3, -0.25) is 14.4 Å². The van der Waals surface area contributed by atoms with Gasteiger partial charge in [-0.05, 0) is 24.1 Å². The maximum Gasteiger partial charge on any atom is 0.296 e. The molecule has 5 N–H and O–H groups in total. The number of carbonyl (C=O) groups excluding carboxylic acids is 3. The van der Waals surface area contributed by atoms with Crippen LogP contribution in [0.3, 0.4) is 0 Å². The van der Waals surface area contributed by atoms with Crippen LogP contribution in [0.2, 0.25) is 0 Å². The third kappa shape index (κ3) is 1.98. The van der Waals surface area contributed by atoms with Crippen LogP contribution in [0.25, 0.3) is 0 Å². The van der Waals surface area contributed by atoms with Crippen LogP contribution in [0, 0.1) is 6.92 Å². The van der Waals surface area contributed by atoms with Gasteiger partial charge in [0, 0.05) is 0 Å². The molecule has 1 aliphatic rings. The molecule has 0 spiro atoms. The number of benzene rings is 1. The Labute approximate surface area is 108 Å². The second-order valence-corrected chi connectivity index (χ2v) is 4.29. The van der Waals surface area contributed by atoms with Crippen LogP contribution in [-0.4, -0.2) is 33.9 Å². The van der Waals surface area contributed by atoms with Crippen LogP contribution in [0.4, 0.5) is 5.69 Å². The van der Waals surface area contributed by atoms with Gasteiger partial charge >= 0.3 is 0 Å². The zero-order valence-electron chi connectivity index (χ0n) is 10.0. The molecule has 0 aromatic heterocycles. The maximum atomic E-state index is 11.7. The number of amides is 2. The van der Waals surface area contributed by atoms with Crippen molar-refractivity contribution in [2.24, 2.45) is 5.73 Å². The number of Topliss-reactive ketones (excluding diaryl/α,β-unsaturated/α-hetero) is 1. The van der Waals surface area contributed by atoms with E-state index in [1.807, 2.05) is 0 Å². The summed E-state index contributed by atoms with van der Waals surface area (Å²) in [4.78, 5) is 34.0. The lowest BCUT2D eigenvalue weighted by Crippen LogP contribution is -2.34. The molecule has 2 atom stereocenters. The predicted octanol–water partition coefficient (Wildman–Crippen LogP) is -0.991. The SMILES string of the molecule is Cc1ccc2c(c1C(O)C(O)C(N)=O)C(=O)C(=O)N2. The summed E-state index contributed by atoms with van der Waals surface area (Å²) in [5.74, 6) is -2.75. The lowest BCUT2D eigenvalue weighted by molar-refractivity contribution is -0.132. The van der Waals surface area contributed by atoms with E-state index in [2.05, 4.69) is 5.32 Å². The van der Waals surface area contributed by atoms with E-state index in [4.69, 9.17) is 5.73 Å². The molecule has 0 radical (unpaired) electrons. The van der Waals surface area contributed by atoms with Crippen molar-refractivity contribution in [2.45, 2.75) is 19.1 Å². The van der Waals surface area contributed by atoms with E-state index in [0.29, 0.717) is 5.56 Å². The summed E-state index contributed by atoms with van der Waals surface area (Å²) < 4.78 is 0. The van der Waals surface area contributed by atoms with Crippen LogP contribution >= 0.6 is 0 Å². The number of nitrogens with one attached hydrogen (secondary N) is 1. The van der Waals surface area contributed by atoms with Gasteiger partial charge in [0.1, 0.15) is 6.10 Å². The fourth-order valence-electron chi connectivity index (χ4n) is 2.06.